The summed E-state index contributed by atoms with van der Waals surface area (Å²) in [7, 11) is 0. The van der Waals surface area contributed by atoms with Gasteiger partial charge in [0.05, 0.1) is 5.92 Å². The summed E-state index contributed by atoms with van der Waals surface area (Å²) in [6.07, 6.45) is 1.79. The molecule has 0 saturated heterocycles. The van der Waals surface area contributed by atoms with Crippen molar-refractivity contribution in [3.05, 3.63) is 23.5 Å². The highest BCUT2D eigenvalue weighted by atomic mass is 16.4. The number of carbonyl (C=O) groups is 1. The van der Waals surface area contributed by atoms with Crippen LogP contribution in [0, 0.1) is 0 Å². The third-order valence-corrected chi connectivity index (χ3v) is 2.19. The van der Waals surface area contributed by atoms with Gasteiger partial charge in [-0.15, -0.1) is 0 Å². The Morgan fingerprint density at radius 3 is 3.25 bits per heavy atom. The summed E-state index contributed by atoms with van der Waals surface area (Å²) in [5.74, 6) is -1.15. The molecule has 3 N–H and O–H groups in total. The topological polar surface area (TPSA) is 65.1 Å². The molecule has 0 fully saturated rings. The molecular formula is C8H10N2O2. The smallest absolute Gasteiger partial charge is 0.312 e. The monoisotopic (exact) mass is 166 g/mol. The Kier molecular flexibility index (Phi) is 1.62. The highest BCUT2D eigenvalue weighted by Gasteiger charge is 2.26. The number of carboxylic acid groups (broad SMARTS) is 1. The lowest BCUT2D eigenvalue weighted by Crippen LogP contribution is -2.32. The van der Waals surface area contributed by atoms with E-state index in [0.717, 1.165) is 17.8 Å². The second-order valence-corrected chi connectivity index (χ2v) is 2.93. The molecule has 0 saturated carbocycles. The molecular weight excluding hydrogens is 156 g/mol. The average molecular weight is 166 g/mol. The summed E-state index contributed by atoms with van der Waals surface area (Å²) in [6.45, 7) is 1.27. The first kappa shape index (κ1) is 7.36. The van der Waals surface area contributed by atoms with Crippen LogP contribution in [0.25, 0.3) is 0 Å². The minimum Gasteiger partial charge on any atom is -0.481 e. The van der Waals surface area contributed by atoms with Crippen LogP contribution in [0.1, 0.15) is 17.2 Å². The quantitative estimate of drug-likeness (QED) is 0.561. The van der Waals surface area contributed by atoms with Crippen LogP contribution >= 0.6 is 0 Å². The average Bonchev–Trinajstić information content (AvgIpc) is 2.49. The van der Waals surface area contributed by atoms with E-state index in [4.69, 9.17) is 5.11 Å². The summed E-state index contributed by atoms with van der Waals surface area (Å²) in [6, 6.07) is 1.84. The zero-order chi connectivity index (χ0) is 8.55. The fraction of sp³-hybridized carbons (Fsp3) is 0.375. The Morgan fingerprint density at radius 2 is 2.50 bits per heavy atom. The van der Waals surface area contributed by atoms with Crippen molar-refractivity contribution in [3.63, 3.8) is 0 Å². The van der Waals surface area contributed by atoms with Crippen LogP contribution in [0.2, 0.25) is 0 Å². The molecule has 0 aromatic carbocycles. The highest BCUT2D eigenvalue weighted by molar-refractivity contribution is 5.77. The van der Waals surface area contributed by atoms with Crippen LogP contribution in [0.15, 0.2) is 12.3 Å². The Bertz CT molecular complexity index is 306. The fourth-order valence-corrected chi connectivity index (χ4v) is 1.57. The lowest BCUT2D eigenvalue weighted by molar-refractivity contribution is -0.138. The SMILES string of the molecule is O=C(O)C1CNCc2[nH]ccc21. The molecule has 0 radical (unpaired) electrons. The predicted molar refractivity (Wildman–Crippen MR) is 42.9 cm³/mol. The molecule has 12 heavy (non-hydrogen) atoms. The van der Waals surface area contributed by atoms with Crippen molar-refractivity contribution in [2.45, 2.75) is 12.5 Å². The molecule has 1 atom stereocenters. The minimum atomic E-state index is -0.761. The largest absolute Gasteiger partial charge is 0.481 e. The molecule has 2 heterocycles. The first-order chi connectivity index (χ1) is 5.79. The van der Waals surface area contributed by atoms with Crippen molar-refractivity contribution >= 4 is 5.97 Å². The van der Waals surface area contributed by atoms with Gasteiger partial charge in [0.15, 0.2) is 0 Å². The maximum absolute atomic E-state index is 10.8. The van der Waals surface area contributed by atoms with E-state index in [-0.39, 0.29) is 5.92 Å². The van der Waals surface area contributed by atoms with E-state index in [0.29, 0.717) is 6.54 Å². The van der Waals surface area contributed by atoms with Crippen LogP contribution in [0.4, 0.5) is 0 Å². The molecule has 0 bridgehead atoms. The van der Waals surface area contributed by atoms with Crippen molar-refractivity contribution in [2.75, 3.05) is 6.54 Å². The molecule has 0 aliphatic carbocycles. The minimum absolute atomic E-state index is 0.389. The van der Waals surface area contributed by atoms with Crippen molar-refractivity contribution in [1.29, 1.82) is 0 Å². The molecule has 1 aliphatic heterocycles. The molecule has 1 aromatic heterocycles. The number of aromatic amines is 1. The van der Waals surface area contributed by atoms with Crippen LogP contribution in [0.3, 0.4) is 0 Å². The maximum Gasteiger partial charge on any atom is 0.312 e. The van der Waals surface area contributed by atoms with Gasteiger partial charge in [-0.2, -0.15) is 0 Å². The summed E-state index contributed by atoms with van der Waals surface area (Å²) in [5, 5.41) is 11.9. The number of nitrogens with one attached hydrogen (secondary N) is 2. The number of carboxylic acids is 1. The molecule has 64 valence electrons. The van der Waals surface area contributed by atoms with Crippen LogP contribution in [-0.4, -0.2) is 22.6 Å². The van der Waals surface area contributed by atoms with Crippen molar-refractivity contribution in [1.82, 2.24) is 10.3 Å². The Labute approximate surface area is 69.6 Å². The van der Waals surface area contributed by atoms with E-state index in [9.17, 15) is 4.79 Å². The fourth-order valence-electron chi connectivity index (χ4n) is 1.57. The van der Waals surface area contributed by atoms with Crippen molar-refractivity contribution in [2.24, 2.45) is 0 Å². The number of aromatic nitrogens is 1. The van der Waals surface area contributed by atoms with Gasteiger partial charge in [0, 0.05) is 25.0 Å². The van der Waals surface area contributed by atoms with Gasteiger partial charge in [0.2, 0.25) is 0 Å². The molecule has 0 spiro atoms. The highest BCUT2D eigenvalue weighted by Crippen LogP contribution is 2.22. The molecule has 1 aromatic rings. The van der Waals surface area contributed by atoms with Gasteiger partial charge < -0.3 is 15.4 Å². The van der Waals surface area contributed by atoms with Gasteiger partial charge in [0.25, 0.3) is 0 Å². The first-order valence-electron chi connectivity index (χ1n) is 3.88. The van der Waals surface area contributed by atoms with Gasteiger partial charge in [-0.1, -0.05) is 0 Å². The number of rotatable bonds is 1. The molecule has 4 nitrogen and oxygen atoms in total. The summed E-state index contributed by atoms with van der Waals surface area (Å²) < 4.78 is 0. The van der Waals surface area contributed by atoms with Gasteiger partial charge in [-0.25, -0.2) is 0 Å². The standard InChI is InChI=1S/C8H10N2O2/c11-8(12)6-3-9-4-7-5(6)1-2-10-7/h1-2,6,9-10H,3-4H2,(H,11,12). The number of hydrogen-bond acceptors (Lipinski definition) is 2. The second kappa shape index (κ2) is 2.64. The van der Waals surface area contributed by atoms with Crippen LogP contribution < -0.4 is 5.32 Å². The zero-order valence-corrected chi connectivity index (χ0v) is 6.50. The van der Waals surface area contributed by atoms with E-state index in [1.54, 1.807) is 6.20 Å². The third-order valence-electron chi connectivity index (χ3n) is 2.19. The van der Waals surface area contributed by atoms with Crippen molar-refractivity contribution in [3.8, 4) is 0 Å². The van der Waals surface area contributed by atoms with E-state index in [2.05, 4.69) is 10.3 Å². The van der Waals surface area contributed by atoms with Crippen LogP contribution in [0.5, 0.6) is 0 Å². The maximum atomic E-state index is 10.8. The zero-order valence-electron chi connectivity index (χ0n) is 6.50. The van der Waals surface area contributed by atoms with Crippen LogP contribution in [-0.2, 0) is 11.3 Å². The molecule has 1 aliphatic rings. The summed E-state index contributed by atoms with van der Waals surface area (Å²) in [5.41, 5.74) is 1.91. The summed E-state index contributed by atoms with van der Waals surface area (Å²) >= 11 is 0. The molecule has 4 heteroatoms. The lowest BCUT2D eigenvalue weighted by atomic mass is 9.96. The number of hydrogen-bond donors (Lipinski definition) is 3. The van der Waals surface area contributed by atoms with Gasteiger partial charge >= 0.3 is 5.97 Å². The predicted octanol–water partition coefficient (Wildman–Crippen LogP) is 0.286. The number of fused-ring (bicyclic) bond motifs is 1. The third kappa shape index (κ3) is 1.00. The van der Waals surface area contributed by atoms with E-state index in [1.165, 1.54) is 0 Å². The Hall–Kier alpha value is -1.29. The molecule has 1 unspecified atom stereocenters. The van der Waals surface area contributed by atoms with Gasteiger partial charge in [-0.3, -0.25) is 4.79 Å². The second-order valence-electron chi connectivity index (χ2n) is 2.93. The lowest BCUT2D eigenvalue weighted by Gasteiger charge is -2.19. The van der Waals surface area contributed by atoms with Gasteiger partial charge in [-0.05, 0) is 11.6 Å². The Morgan fingerprint density at radius 1 is 1.67 bits per heavy atom. The first-order valence-corrected chi connectivity index (χ1v) is 3.88. The van der Waals surface area contributed by atoms with E-state index in [1.807, 2.05) is 6.07 Å². The number of H-pyrrole nitrogens is 1. The van der Waals surface area contributed by atoms with E-state index < -0.39 is 5.97 Å². The Balaban J connectivity index is 2.37. The summed E-state index contributed by atoms with van der Waals surface area (Å²) in [4.78, 5) is 13.8. The normalized spacial score (nSPS) is 21.8. The van der Waals surface area contributed by atoms with E-state index >= 15 is 0 Å². The molecule has 2 rings (SSSR count). The van der Waals surface area contributed by atoms with Gasteiger partial charge in [0.1, 0.15) is 0 Å². The number of aliphatic carboxylic acids is 1. The molecule has 0 amide bonds. The van der Waals surface area contributed by atoms with Crippen molar-refractivity contribution < 1.29 is 9.90 Å².